The minimum atomic E-state index is -3.33. The number of fused-ring (bicyclic) bond motifs is 1. The number of pyridine rings is 1. The fourth-order valence-corrected chi connectivity index (χ4v) is 1.97. The zero-order valence-electron chi connectivity index (χ0n) is 7.65. The van der Waals surface area contributed by atoms with Crippen molar-refractivity contribution in [1.82, 2.24) is 15.2 Å². The second kappa shape index (κ2) is 3.46. The Morgan fingerprint density at radius 1 is 1.53 bits per heavy atom. The Kier molecular flexibility index (Phi) is 2.39. The zero-order valence-corrected chi connectivity index (χ0v) is 10.1. The Morgan fingerprint density at radius 3 is 2.93 bits per heavy atom. The van der Waals surface area contributed by atoms with Crippen molar-refractivity contribution >= 4 is 42.8 Å². The normalized spacial score (nSPS) is 11.9. The van der Waals surface area contributed by atoms with E-state index in [0.29, 0.717) is 11.0 Å². The predicted molar refractivity (Wildman–Crippen MR) is 60.1 cm³/mol. The minimum Gasteiger partial charge on any atom is -0.266 e. The molecule has 80 valence electrons. The number of hydrogen-bond acceptors (Lipinski definition) is 4. The fourth-order valence-electron chi connectivity index (χ4n) is 1.13. The van der Waals surface area contributed by atoms with Gasteiger partial charge < -0.3 is 0 Å². The van der Waals surface area contributed by atoms with E-state index in [1.54, 1.807) is 12.3 Å². The van der Waals surface area contributed by atoms with Crippen LogP contribution in [0.25, 0.3) is 11.0 Å². The third kappa shape index (κ3) is 2.26. The molecule has 0 aliphatic carbocycles. The molecule has 15 heavy (non-hydrogen) atoms. The molecular formula is C7H7BrN4O2S. The smallest absolute Gasteiger partial charge is 0.231 e. The minimum absolute atomic E-state index is 0.251. The monoisotopic (exact) mass is 290 g/mol. The molecular weight excluding hydrogens is 284 g/mol. The summed E-state index contributed by atoms with van der Waals surface area (Å²) in [6.07, 6.45) is 2.67. The summed E-state index contributed by atoms with van der Waals surface area (Å²) in [6.45, 7) is 0. The molecule has 2 heterocycles. The summed E-state index contributed by atoms with van der Waals surface area (Å²) in [4.78, 5) is 4.03. The van der Waals surface area contributed by atoms with Gasteiger partial charge in [-0.2, -0.15) is 5.10 Å². The second-order valence-corrected chi connectivity index (χ2v) is 5.66. The number of rotatable bonds is 2. The van der Waals surface area contributed by atoms with E-state index in [1.807, 2.05) is 0 Å². The van der Waals surface area contributed by atoms with Crippen molar-refractivity contribution in [2.75, 3.05) is 11.0 Å². The number of anilines is 1. The second-order valence-electron chi connectivity index (χ2n) is 3.00. The maximum atomic E-state index is 11.0. The van der Waals surface area contributed by atoms with E-state index in [2.05, 4.69) is 35.8 Å². The van der Waals surface area contributed by atoms with Crippen LogP contribution < -0.4 is 4.72 Å². The Balaban J connectivity index is 2.57. The molecule has 0 bridgehead atoms. The first-order valence-corrected chi connectivity index (χ1v) is 6.61. The van der Waals surface area contributed by atoms with Gasteiger partial charge in [0.1, 0.15) is 0 Å². The number of halogens is 1. The maximum absolute atomic E-state index is 11.0. The predicted octanol–water partition coefficient (Wildman–Crippen LogP) is 1.09. The highest BCUT2D eigenvalue weighted by Gasteiger charge is 2.10. The number of nitrogens with one attached hydrogen (secondary N) is 2. The van der Waals surface area contributed by atoms with Gasteiger partial charge in [0.05, 0.1) is 11.6 Å². The molecule has 6 nitrogen and oxygen atoms in total. The molecule has 2 aromatic heterocycles. The van der Waals surface area contributed by atoms with Crippen molar-refractivity contribution in [3.8, 4) is 0 Å². The molecule has 0 amide bonds. The van der Waals surface area contributed by atoms with Crippen molar-refractivity contribution < 1.29 is 8.42 Å². The van der Waals surface area contributed by atoms with E-state index >= 15 is 0 Å². The fraction of sp³-hybridized carbons (Fsp3) is 0.143. The van der Waals surface area contributed by atoms with Crippen LogP contribution in [0, 0.1) is 0 Å². The van der Waals surface area contributed by atoms with Gasteiger partial charge in [0.25, 0.3) is 0 Å². The largest absolute Gasteiger partial charge is 0.266 e. The van der Waals surface area contributed by atoms with E-state index in [9.17, 15) is 8.42 Å². The number of aromatic amines is 1. The molecule has 2 N–H and O–H groups in total. The molecule has 0 saturated heterocycles. The molecule has 0 aliphatic heterocycles. The van der Waals surface area contributed by atoms with Crippen molar-refractivity contribution in [3.05, 3.63) is 16.7 Å². The molecule has 0 radical (unpaired) electrons. The molecule has 0 aliphatic rings. The van der Waals surface area contributed by atoms with Crippen LogP contribution in [0.1, 0.15) is 0 Å². The lowest BCUT2D eigenvalue weighted by atomic mass is 10.3. The Hall–Kier alpha value is -1.15. The zero-order chi connectivity index (χ0) is 11.1. The highest BCUT2D eigenvalue weighted by atomic mass is 79.9. The lowest BCUT2D eigenvalue weighted by Crippen LogP contribution is -2.09. The van der Waals surface area contributed by atoms with E-state index in [-0.39, 0.29) is 5.82 Å². The average Bonchev–Trinajstić information content (AvgIpc) is 2.46. The summed E-state index contributed by atoms with van der Waals surface area (Å²) < 4.78 is 25.1. The van der Waals surface area contributed by atoms with Gasteiger partial charge in [-0.3, -0.25) is 9.82 Å². The lowest BCUT2D eigenvalue weighted by Gasteiger charge is -1.98. The first kappa shape index (κ1) is 10.4. The van der Waals surface area contributed by atoms with Gasteiger partial charge in [-0.1, -0.05) is 0 Å². The number of sulfonamides is 1. The number of nitrogens with zero attached hydrogens (tertiary/aromatic N) is 2. The molecule has 0 atom stereocenters. The van der Waals surface area contributed by atoms with Gasteiger partial charge in [0.15, 0.2) is 11.5 Å². The van der Waals surface area contributed by atoms with Crippen LogP contribution in [0.2, 0.25) is 0 Å². The van der Waals surface area contributed by atoms with E-state index in [0.717, 1.165) is 10.7 Å². The van der Waals surface area contributed by atoms with E-state index in [4.69, 9.17) is 0 Å². The highest BCUT2D eigenvalue weighted by molar-refractivity contribution is 9.10. The topological polar surface area (TPSA) is 87.7 Å². The Labute approximate surface area is 94.3 Å². The standard InChI is InChI=1S/C7H7BrN4O2S/c1-15(13,14)12-7-5-2-4(8)3-9-6(5)10-11-7/h2-3H,1H3,(H2,9,10,11,12). The van der Waals surface area contributed by atoms with Crippen LogP contribution in [0.5, 0.6) is 0 Å². The average molecular weight is 291 g/mol. The molecule has 8 heteroatoms. The highest BCUT2D eigenvalue weighted by Crippen LogP contribution is 2.22. The van der Waals surface area contributed by atoms with Gasteiger partial charge in [0.2, 0.25) is 10.0 Å². The first-order valence-electron chi connectivity index (χ1n) is 3.93. The molecule has 0 unspecified atom stereocenters. The summed E-state index contributed by atoms with van der Waals surface area (Å²) >= 11 is 3.25. The Morgan fingerprint density at radius 2 is 2.27 bits per heavy atom. The van der Waals surface area contributed by atoms with Crippen LogP contribution in [0.15, 0.2) is 16.7 Å². The van der Waals surface area contributed by atoms with Gasteiger partial charge in [-0.25, -0.2) is 13.4 Å². The number of hydrogen-bond donors (Lipinski definition) is 2. The SMILES string of the molecule is CS(=O)(=O)Nc1n[nH]c2ncc(Br)cc12. The molecule has 0 fully saturated rings. The summed E-state index contributed by atoms with van der Waals surface area (Å²) in [5.74, 6) is 0.251. The van der Waals surface area contributed by atoms with Crippen molar-refractivity contribution in [2.45, 2.75) is 0 Å². The van der Waals surface area contributed by atoms with Crippen LogP contribution in [0.3, 0.4) is 0 Å². The third-order valence-electron chi connectivity index (χ3n) is 1.67. The number of aromatic nitrogens is 3. The molecule has 0 saturated carbocycles. The van der Waals surface area contributed by atoms with Gasteiger partial charge in [-0.05, 0) is 22.0 Å². The molecule has 2 rings (SSSR count). The van der Waals surface area contributed by atoms with Crippen molar-refractivity contribution in [1.29, 1.82) is 0 Å². The van der Waals surface area contributed by atoms with Crippen LogP contribution >= 0.6 is 15.9 Å². The van der Waals surface area contributed by atoms with Crippen molar-refractivity contribution in [3.63, 3.8) is 0 Å². The summed E-state index contributed by atoms with van der Waals surface area (Å²) in [6, 6.07) is 1.74. The summed E-state index contributed by atoms with van der Waals surface area (Å²) in [5.41, 5.74) is 0.532. The molecule has 2 aromatic rings. The lowest BCUT2D eigenvalue weighted by molar-refractivity contribution is 0.606. The maximum Gasteiger partial charge on any atom is 0.231 e. The molecule has 0 aromatic carbocycles. The first-order chi connectivity index (χ1) is 6.96. The van der Waals surface area contributed by atoms with Gasteiger partial charge in [0, 0.05) is 10.7 Å². The summed E-state index contributed by atoms with van der Waals surface area (Å²) in [7, 11) is -3.33. The third-order valence-corrected chi connectivity index (χ3v) is 2.66. The van der Waals surface area contributed by atoms with E-state index < -0.39 is 10.0 Å². The number of H-pyrrole nitrogens is 1. The van der Waals surface area contributed by atoms with Crippen molar-refractivity contribution in [2.24, 2.45) is 0 Å². The summed E-state index contributed by atoms with van der Waals surface area (Å²) in [5, 5.41) is 7.07. The molecule has 0 spiro atoms. The van der Waals surface area contributed by atoms with Gasteiger partial charge in [-0.15, -0.1) is 0 Å². The quantitative estimate of drug-likeness (QED) is 0.867. The van der Waals surface area contributed by atoms with E-state index in [1.165, 1.54) is 0 Å². The van der Waals surface area contributed by atoms with Crippen LogP contribution in [-0.4, -0.2) is 29.9 Å². The Bertz CT molecular complexity index is 606. The van der Waals surface area contributed by atoms with Gasteiger partial charge >= 0.3 is 0 Å². The van der Waals surface area contributed by atoms with Crippen LogP contribution in [-0.2, 0) is 10.0 Å². The van der Waals surface area contributed by atoms with Crippen LogP contribution in [0.4, 0.5) is 5.82 Å².